The summed E-state index contributed by atoms with van der Waals surface area (Å²) < 4.78 is 46.7. The zero-order chi connectivity index (χ0) is 15.7. The topological polar surface area (TPSA) is 49.9 Å². The van der Waals surface area contributed by atoms with E-state index in [-0.39, 0.29) is 24.2 Å². The predicted molar refractivity (Wildman–Crippen MR) is 81.7 cm³/mol. The highest BCUT2D eigenvalue weighted by molar-refractivity contribution is 7.86. The van der Waals surface area contributed by atoms with Crippen molar-refractivity contribution in [3.8, 4) is 5.75 Å². The van der Waals surface area contributed by atoms with E-state index < -0.39 is 16.0 Å². The van der Waals surface area contributed by atoms with E-state index >= 15 is 0 Å². The van der Waals surface area contributed by atoms with Crippen LogP contribution in [0.4, 0.5) is 4.39 Å². The second-order valence-corrected chi connectivity index (χ2v) is 7.81. The Hall–Kier alpha value is -0.890. The number of halogens is 2. The molecule has 1 aliphatic heterocycles. The van der Waals surface area contributed by atoms with Gasteiger partial charge in [-0.2, -0.15) is 17.0 Å². The van der Waals surface area contributed by atoms with Crippen LogP contribution in [0, 0.1) is 5.82 Å². The second-order valence-electron chi connectivity index (χ2n) is 5.53. The van der Waals surface area contributed by atoms with Crippen molar-refractivity contribution < 1.29 is 17.5 Å². The maximum absolute atomic E-state index is 13.3. The third kappa shape index (κ3) is 3.37. The maximum atomic E-state index is 13.3. The molecule has 0 unspecified atom stereocenters. The molecule has 0 atom stereocenters. The van der Waals surface area contributed by atoms with E-state index in [1.54, 1.807) is 10.4 Å². The molecule has 2 aliphatic rings. The van der Waals surface area contributed by atoms with Crippen molar-refractivity contribution in [3.05, 3.63) is 29.0 Å². The number of hydrogen-bond donors (Lipinski definition) is 0. The summed E-state index contributed by atoms with van der Waals surface area (Å²) in [5, 5.41) is 0.0334. The quantitative estimate of drug-likeness (QED) is 0.820. The minimum absolute atomic E-state index is 0.0334. The summed E-state index contributed by atoms with van der Waals surface area (Å²) in [5.74, 6) is -0.208. The minimum atomic E-state index is -3.38. The highest BCUT2D eigenvalue weighted by Gasteiger charge is 2.42. The number of rotatable bonds is 5. The lowest BCUT2D eigenvalue weighted by Crippen LogP contribution is -2.51. The molecule has 0 amide bonds. The first kappa shape index (κ1) is 16.0. The van der Waals surface area contributed by atoms with Crippen LogP contribution >= 0.6 is 11.6 Å². The standard InChI is InChI=1S/C14H18ClFN2O3S/c15-13-5-4-12(10-14(13)16)21-9-8-17-6-1-7-18(11-2-3-11)22(17,19)20/h4-5,10-11H,1-3,6-9H2. The van der Waals surface area contributed by atoms with Crippen LogP contribution in [-0.4, -0.2) is 49.3 Å². The first-order valence-corrected chi connectivity index (χ1v) is 9.11. The van der Waals surface area contributed by atoms with Gasteiger partial charge < -0.3 is 4.74 Å². The summed E-state index contributed by atoms with van der Waals surface area (Å²) in [7, 11) is -3.38. The van der Waals surface area contributed by atoms with Gasteiger partial charge in [0.2, 0.25) is 0 Å². The van der Waals surface area contributed by atoms with Gasteiger partial charge in [0.15, 0.2) is 0 Å². The van der Waals surface area contributed by atoms with Gasteiger partial charge in [0, 0.05) is 31.7 Å². The van der Waals surface area contributed by atoms with Crippen LogP contribution < -0.4 is 4.74 Å². The molecule has 22 heavy (non-hydrogen) atoms. The summed E-state index contributed by atoms with van der Waals surface area (Å²) >= 11 is 5.60. The number of ether oxygens (including phenoxy) is 1. The van der Waals surface area contributed by atoms with Gasteiger partial charge in [-0.3, -0.25) is 0 Å². The van der Waals surface area contributed by atoms with E-state index in [9.17, 15) is 12.8 Å². The molecule has 1 aromatic carbocycles. The van der Waals surface area contributed by atoms with Crippen LogP contribution in [0.3, 0.4) is 0 Å². The van der Waals surface area contributed by atoms with E-state index in [1.807, 2.05) is 0 Å². The van der Waals surface area contributed by atoms with E-state index in [0.717, 1.165) is 19.3 Å². The van der Waals surface area contributed by atoms with E-state index in [0.29, 0.717) is 18.8 Å². The molecule has 3 rings (SSSR count). The molecule has 0 aromatic heterocycles. The molecule has 5 nitrogen and oxygen atoms in total. The lowest BCUT2D eigenvalue weighted by Gasteiger charge is -2.34. The van der Waals surface area contributed by atoms with Gasteiger partial charge in [-0.15, -0.1) is 0 Å². The summed E-state index contributed by atoms with van der Waals surface area (Å²) in [5.41, 5.74) is 0. The third-order valence-electron chi connectivity index (χ3n) is 3.86. The number of nitrogens with zero attached hydrogens (tertiary/aromatic N) is 2. The van der Waals surface area contributed by atoms with Crippen LogP contribution in [0.1, 0.15) is 19.3 Å². The fourth-order valence-electron chi connectivity index (χ4n) is 2.57. The zero-order valence-corrected chi connectivity index (χ0v) is 13.6. The zero-order valence-electron chi connectivity index (χ0n) is 12.0. The predicted octanol–water partition coefficient (Wildman–Crippen LogP) is 2.27. The molecule has 0 radical (unpaired) electrons. The van der Waals surface area contributed by atoms with Gasteiger partial charge in [-0.25, -0.2) is 4.39 Å². The Morgan fingerprint density at radius 1 is 1.32 bits per heavy atom. The van der Waals surface area contributed by atoms with Crippen molar-refractivity contribution in [2.75, 3.05) is 26.2 Å². The Bertz CT molecular complexity index is 651. The van der Waals surface area contributed by atoms with Crippen LogP contribution in [0.2, 0.25) is 5.02 Å². The van der Waals surface area contributed by atoms with Gasteiger partial charge in [-0.05, 0) is 31.4 Å². The van der Waals surface area contributed by atoms with Crippen molar-refractivity contribution in [1.82, 2.24) is 8.61 Å². The van der Waals surface area contributed by atoms with Gasteiger partial charge >= 0.3 is 0 Å². The Labute approximate surface area is 134 Å². The monoisotopic (exact) mass is 348 g/mol. The second kappa shape index (κ2) is 6.31. The largest absolute Gasteiger partial charge is 0.492 e. The summed E-state index contributed by atoms with van der Waals surface area (Å²) in [6.45, 7) is 1.55. The van der Waals surface area contributed by atoms with Crippen molar-refractivity contribution >= 4 is 21.8 Å². The molecule has 122 valence electrons. The summed E-state index contributed by atoms with van der Waals surface area (Å²) in [6, 6.07) is 4.36. The lowest BCUT2D eigenvalue weighted by atomic mass is 10.3. The molecule has 1 heterocycles. The molecule has 0 N–H and O–H groups in total. The fourth-order valence-corrected chi connectivity index (χ4v) is 4.60. The molecule has 0 bridgehead atoms. The van der Waals surface area contributed by atoms with Crippen LogP contribution in [0.25, 0.3) is 0 Å². The smallest absolute Gasteiger partial charge is 0.282 e. The summed E-state index contributed by atoms with van der Waals surface area (Å²) in [6.07, 6.45) is 2.73. The van der Waals surface area contributed by atoms with E-state index in [4.69, 9.17) is 16.3 Å². The van der Waals surface area contributed by atoms with Crippen LogP contribution in [-0.2, 0) is 10.2 Å². The number of benzene rings is 1. The van der Waals surface area contributed by atoms with Crippen molar-refractivity contribution in [2.45, 2.75) is 25.3 Å². The fraction of sp³-hybridized carbons (Fsp3) is 0.571. The van der Waals surface area contributed by atoms with Crippen molar-refractivity contribution in [1.29, 1.82) is 0 Å². The van der Waals surface area contributed by atoms with E-state index in [1.165, 1.54) is 16.4 Å². The van der Waals surface area contributed by atoms with Gasteiger partial charge in [0.25, 0.3) is 10.2 Å². The van der Waals surface area contributed by atoms with Gasteiger partial charge in [0.1, 0.15) is 18.2 Å². The highest BCUT2D eigenvalue weighted by atomic mass is 35.5. The molecular weight excluding hydrogens is 331 g/mol. The first-order chi connectivity index (χ1) is 10.5. The molecule has 1 saturated heterocycles. The molecule has 1 aromatic rings. The maximum Gasteiger partial charge on any atom is 0.282 e. The molecule has 8 heteroatoms. The van der Waals surface area contributed by atoms with E-state index in [2.05, 4.69) is 0 Å². The average Bonchev–Trinajstić information content (AvgIpc) is 3.28. The molecule has 0 spiro atoms. The van der Waals surface area contributed by atoms with Crippen LogP contribution in [0.5, 0.6) is 5.75 Å². The molecule has 2 fully saturated rings. The molecule has 1 saturated carbocycles. The van der Waals surface area contributed by atoms with Crippen molar-refractivity contribution in [2.24, 2.45) is 0 Å². The number of hydrogen-bond acceptors (Lipinski definition) is 3. The lowest BCUT2D eigenvalue weighted by molar-refractivity contribution is 0.233. The Morgan fingerprint density at radius 2 is 2.09 bits per heavy atom. The molecular formula is C14H18ClFN2O3S. The highest BCUT2D eigenvalue weighted by Crippen LogP contribution is 2.32. The first-order valence-electron chi connectivity index (χ1n) is 7.33. The van der Waals surface area contributed by atoms with Crippen LogP contribution in [0.15, 0.2) is 18.2 Å². The normalized spacial score (nSPS) is 22.6. The van der Waals surface area contributed by atoms with Gasteiger partial charge in [0.05, 0.1) is 5.02 Å². The Balaban J connectivity index is 1.57. The van der Waals surface area contributed by atoms with Gasteiger partial charge in [-0.1, -0.05) is 11.6 Å². The summed E-state index contributed by atoms with van der Waals surface area (Å²) in [4.78, 5) is 0. The molecule has 1 aliphatic carbocycles. The SMILES string of the molecule is O=S1(=O)N(CCOc2ccc(Cl)c(F)c2)CCCN1C1CC1. The average molecular weight is 349 g/mol. The Morgan fingerprint density at radius 3 is 2.77 bits per heavy atom. The van der Waals surface area contributed by atoms with Crippen molar-refractivity contribution in [3.63, 3.8) is 0 Å². The Kier molecular flexibility index (Phi) is 4.59. The third-order valence-corrected chi connectivity index (χ3v) is 6.26. The minimum Gasteiger partial charge on any atom is -0.492 e.